The number of nitrogens with one attached hydrogen (secondary N) is 1. The van der Waals surface area contributed by atoms with Crippen LogP contribution in [0.4, 0.5) is 4.79 Å². The molecular weight excluding hydrogens is 372 g/mol. The predicted octanol–water partition coefficient (Wildman–Crippen LogP) is 3.77. The van der Waals surface area contributed by atoms with E-state index in [1.165, 1.54) is 23.1 Å². The Bertz CT molecular complexity index is 865. The molecule has 0 saturated heterocycles. The van der Waals surface area contributed by atoms with E-state index in [0.29, 0.717) is 0 Å². The number of hydrogen-bond donors (Lipinski definition) is 2. The number of nitrogens with zero attached hydrogens (tertiary/aromatic N) is 1. The van der Waals surface area contributed by atoms with Crippen molar-refractivity contribution in [2.45, 2.75) is 17.0 Å². The van der Waals surface area contributed by atoms with Gasteiger partial charge in [0.1, 0.15) is 12.6 Å². The van der Waals surface area contributed by atoms with Crippen LogP contribution in [-0.4, -0.2) is 33.9 Å². The first-order valence-corrected chi connectivity index (χ1v) is 9.60. The van der Waals surface area contributed by atoms with E-state index in [4.69, 9.17) is 4.74 Å². The summed E-state index contributed by atoms with van der Waals surface area (Å²) in [6.07, 6.45) is -0.758. The molecule has 1 atom stereocenters. The van der Waals surface area contributed by atoms with Gasteiger partial charge in [0.2, 0.25) is 0 Å². The van der Waals surface area contributed by atoms with Crippen LogP contribution >= 0.6 is 23.1 Å². The van der Waals surface area contributed by atoms with E-state index in [0.717, 1.165) is 20.1 Å². The number of para-hydroxylation sites is 1. The molecule has 26 heavy (non-hydrogen) atoms. The number of ether oxygens (including phenoxy) is 1. The topological polar surface area (TPSA) is 88.5 Å². The van der Waals surface area contributed by atoms with Gasteiger partial charge in [0.15, 0.2) is 4.34 Å². The van der Waals surface area contributed by atoms with E-state index in [2.05, 4.69) is 10.3 Å². The molecular formula is C18H16N2O4S2. The lowest BCUT2D eigenvalue weighted by molar-refractivity contribution is -0.138. The van der Waals surface area contributed by atoms with Crippen LogP contribution in [0.15, 0.2) is 58.9 Å². The normalized spacial score (nSPS) is 11.8. The van der Waals surface area contributed by atoms with Gasteiger partial charge in [-0.15, -0.1) is 11.3 Å². The molecule has 0 aliphatic rings. The fourth-order valence-corrected chi connectivity index (χ4v) is 4.25. The maximum absolute atomic E-state index is 11.9. The Balaban J connectivity index is 1.53. The van der Waals surface area contributed by atoms with Gasteiger partial charge < -0.3 is 15.2 Å². The molecule has 0 fully saturated rings. The predicted molar refractivity (Wildman–Crippen MR) is 102 cm³/mol. The lowest BCUT2D eigenvalue weighted by atomic mass is 10.2. The Labute approximate surface area is 158 Å². The molecule has 0 radical (unpaired) electrons. The molecule has 1 unspecified atom stereocenters. The molecule has 2 N–H and O–H groups in total. The first-order chi connectivity index (χ1) is 12.6. The molecule has 0 aliphatic carbocycles. The summed E-state index contributed by atoms with van der Waals surface area (Å²) in [5.74, 6) is -0.953. The van der Waals surface area contributed by atoms with Crippen molar-refractivity contribution in [3.8, 4) is 0 Å². The van der Waals surface area contributed by atoms with E-state index in [1.807, 2.05) is 54.6 Å². The summed E-state index contributed by atoms with van der Waals surface area (Å²) in [6.45, 7) is 0.0873. The highest BCUT2D eigenvalue weighted by atomic mass is 32.2. The molecule has 6 nitrogen and oxygen atoms in total. The van der Waals surface area contributed by atoms with E-state index >= 15 is 0 Å². The van der Waals surface area contributed by atoms with Crippen molar-refractivity contribution >= 4 is 45.4 Å². The Kier molecular flexibility index (Phi) is 6.08. The summed E-state index contributed by atoms with van der Waals surface area (Å²) < 4.78 is 6.87. The number of rotatable bonds is 7. The second-order valence-electron chi connectivity index (χ2n) is 5.36. The van der Waals surface area contributed by atoms with Crippen LogP contribution in [0, 0.1) is 0 Å². The average molecular weight is 388 g/mol. The van der Waals surface area contributed by atoms with E-state index < -0.39 is 18.1 Å². The van der Waals surface area contributed by atoms with Crippen LogP contribution in [0.2, 0.25) is 0 Å². The number of carboxylic acid groups (broad SMARTS) is 1. The number of benzene rings is 2. The Morgan fingerprint density at radius 2 is 1.88 bits per heavy atom. The average Bonchev–Trinajstić information content (AvgIpc) is 3.07. The molecule has 1 amide bonds. The fraction of sp³-hybridized carbons (Fsp3) is 0.167. The number of thioether (sulfide) groups is 1. The Morgan fingerprint density at radius 3 is 2.62 bits per heavy atom. The monoisotopic (exact) mass is 388 g/mol. The van der Waals surface area contributed by atoms with Crippen LogP contribution in [0.3, 0.4) is 0 Å². The molecule has 0 bridgehead atoms. The van der Waals surface area contributed by atoms with Crippen molar-refractivity contribution in [1.82, 2.24) is 10.3 Å². The number of carbonyl (C=O) groups excluding carboxylic acids is 1. The lowest BCUT2D eigenvalue weighted by Crippen LogP contribution is -2.42. The standard InChI is InChI=1S/C18H16N2O4S2/c21-16(22)14(19-17(23)24-10-12-6-2-1-3-7-12)11-25-18-20-13-8-4-5-9-15(13)26-18/h1-9,14H,10-11H2,(H,19,23)(H,21,22). The van der Waals surface area contributed by atoms with Gasteiger partial charge in [-0.3, -0.25) is 0 Å². The van der Waals surface area contributed by atoms with Crippen molar-refractivity contribution in [2.75, 3.05) is 5.75 Å². The first-order valence-electron chi connectivity index (χ1n) is 7.80. The number of aromatic nitrogens is 1. The number of fused-ring (bicyclic) bond motifs is 1. The number of amides is 1. The van der Waals surface area contributed by atoms with Gasteiger partial charge in [0, 0.05) is 5.75 Å². The van der Waals surface area contributed by atoms with Gasteiger partial charge in [-0.25, -0.2) is 14.6 Å². The second kappa shape index (κ2) is 8.68. The summed E-state index contributed by atoms with van der Waals surface area (Å²) in [5.41, 5.74) is 1.71. The Hall–Kier alpha value is -2.58. The molecule has 0 saturated carbocycles. The van der Waals surface area contributed by atoms with Crippen molar-refractivity contribution < 1.29 is 19.4 Å². The highest BCUT2D eigenvalue weighted by Crippen LogP contribution is 2.29. The number of hydrogen-bond acceptors (Lipinski definition) is 6. The van der Waals surface area contributed by atoms with E-state index in [9.17, 15) is 14.7 Å². The zero-order valence-electron chi connectivity index (χ0n) is 13.6. The summed E-state index contributed by atoms with van der Waals surface area (Å²) in [4.78, 5) is 27.7. The number of carbonyl (C=O) groups is 2. The van der Waals surface area contributed by atoms with Gasteiger partial charge in [0.05, 0.1) is 10.2 Å². The molecule has 8 heteroatoms. The number of aliphatic carboxylic acids is 1. The summed E-state index contributed by atoms with van der Waals surface area (Å²) in [5, 5.41) is 11.7. The maximum Gasteiger partial charge on any atom is 0.408 e. The van der Waals surface area contributed by atoms with Gasteiger partial charge in [-0.2, -0.15) is 0 Å². The minimum Gasteiger partial charge on any atom is -0.480 e. The van der Waals surface area contributed by atoms with Gasteiger partial charge in [-0.1, -0.05) is 54.2 Å². The summed E-state index contributed by atoms with van der Waals surface area (Å²) in [7, 11) is 0. The van der Waals surface area contributed by atoms with E-state index in [1.54, 1.807) is 0 Å². The third kappa shape index (κ3) is 4.96. The van der Waals surface area contributed by atoms with Crippen LogP contribution < -0.4 is 5.32 Å². The van der Waals surface area contributed by atoms with Gasteiger partial charge in [-0.05, 0) is 17.7 Å². The van der Waals surface area contributed by atoms with Crippen LogP contribution in [0.1, 0.15) is 5.56 Å². The summed E-state index contributed by atoms with van der Waals surface area (Å²) >= 11 is 2.79. The zero-order chi connectivity index (χ0) is 18.4. The second-order valence-corrected chi connectivity index (χ2v) is 7.65. The Morgan fingerprint density at radius 1 is 1.15 bits per heavy atom. The SMILES string of the molecule is O=C(NC(CSc1nc2ccccc2s1)C(=O)O)OCc1ccccc1. The number of thiazole rings is 1. The highest BCUT2D eigenvalue weighted by Gasteiger charge is 2.21. The van der Waals surface area contributed by atoms with Gasteiger partial charge >= 0.3 is 12.1 Å². The minimum atomic E-state index is -1.12. The minimum absolute atomic E-state index is 0.0873. The van der Waals surface area contributed by atoms with E-state index in [-0.39, 0.29) is 12.4 Å². The highest BCUT2D eigenvalue weighted by molar-refractivity contribution is 8.01. The maximum atomic E-state index is 11.9. The molecule has 1 aromatic heterocycles. The molecule has 3 rings (SSSR count). The molecule has 2 aromatic carbocycles. The molecule has 134 valence electrons. The van der Waals surface area contributed by atoms with Crippen LogP contribution in [0.5, 0.6) is 0 Å². The molecule has 0 aliphatic heterocycles. The largest absolute Gasteiger partial charge is 0.480 e. The van der Waals surface area contributed by atoms with Crippen LogP contribution in [0.25, 0.3) is 10.2 Å². The zero-order valence-corrected chi connectivity index (χ0v) is 15.3. The smallest absolute Gasteiger partial charge is 0.408 e. The van der Waals surface area contributed by atoms with Crippen molar-refractivity contribution in [1.29, 1.82) is 0 Å². The molecule has 0 spiro atoms. The van der Waals surface area contributed by atoms with Crippen LogP contribution in [-0.2, 0) is 16.1 Å². The third-order valence-corrected chi connectivity index (χ3v) is 5.72. The number of carboxylic acids is 1. The van der Waals surface area contributed by atoms with Gasteiger partial charge in [0.25, 0.3) is 0 Å². The fourth-order valence-electron chi connectivity index (χ4n) is 2.15. The quantitative estimate of drug-likeness (QED) is 0.599. The number of alkyl carbamates (subject to hydrolysis) is 1. The van der Waals surface area contributed by atoms with Crippen molar-refractivity contribution in [3.05, 3.63) is 60.2 Å². The molecule has 1 heterocycles. The lowest BCUT2D eigenvalue weighted by Gasteiger charge is -2.13. The molecule has 3 aromatic rings. The first kappa shape index (κ1) is 18.2. The third-order valence-electron chi connectivity index (χ3n) is 3.45. The van der Waals surface area contributed by atoms with Crippen molar-refractivity contribution in [3.63, 3.8) is 0 Å². The summed E-state index contributed by atoms with van der Waals surface area (Å²) in [6, 6.07) is 15.8. The van der Waals surface area contributed by atoms with Crippen molar-refractivity contribution in [2.24, 2.45) is 0 Å².